The molecule has 2 heterocycles. The van der Waals surface area contributed by atoms with Crippen LogP contribution in [0.4, 0.5) is 40.4 Å². The Morgan fingerprint density at radius 3 is 2.30 bits per heavy atom. The van der Waals surface area contributed by atoms with Crippen molar-refractivity contribution in [3.8, 4) is 0 Å². The molecule has 0 atom stereocenters. The van der Waals surface area contributed by atoms with E-state index in [4.69, 9.17) is 0 Å². The molecular weight excluding hydrogens is 490 g/mol. The fourth-order valence-electron chi connectivity index (χ4n) is 3.34. The van der Waals surface area contributed by atoms with Gasteiger partial charge in [0.05, 0.1) is 28.7 Å². The molecule has 0 saturated carbocycles. The topological polar surface area (TPSA) is 96.0 Å². The van der Waals surface area contributed by atoms with Gasteiger partial charge in [-0.1, -0.05) is 18.2 Å². The van der Waals surface area contributed by atoms with Gasteiger partial charge < -0.3 is 16.0 Å². The second-order valence-corrected chi connectivity index (χ2v) is 7.94. The Balaban J connectivity index is 1.69. The highest BCUT2D eigenvalue weighted by Crippen LogP contribution is 2.31. The van der Waals surface area contributed by atoms with Gasteiger partial charge in [0.25, 0.3) is 11.8 Å². The fourth-order valence-corrected chi connectivity index (χ4v) is 3.34. The first kappa shape index (κ1) is 25.3. The minimum absolute atomic E-state index is 0.00934. The summed E-state index contributed by atoms with van der Waals surface area (Å²) in [6, 6.07) is 13.3. The van der Waals surface area contributed by atoms with Gasteiger partial charge in [0, 0.05) is 23.6 Å². The third-order valence-corrected chi connectivity index (χ3v) is 5.20. The Morgan fingerprint density at radius 2 is 1.59 bits per heavy atom. The number of nitrogens with zero attached hydrogens (tertiary/aromatic N) is 2. The molecule has 0 bridgehead atoms. The molecule has 0 spiro atoms. The molecule has 2 aromatic carbocycles. The Kier molecular flexibility index (Phi) is 7.14. The summed E-state index contributed by atoms with van der Waals surface area (Å²) in [4.78, 5) is 33.8. The molecule has 7 nitrogen and oxygen atoms in total. The maximum atomic E-state index is 13.9. The van der Waals surface area contributed by atoms with Gasteiger partial charge >= 0.3 is 6.18 Å². The highest BCUT2D eigenvalue weighted by Gasteiger charge is 2.32. The zero-order chi connectivity index (χ0) is 26.6. The number of halogens is 4. The molecule has 0 radical (unpaired) electrons. The number of carbonyl (C=O) groups excluding carboxylic acids is 2. The van der Waals surface area contributed by atoms with Gasteiger partial charge in [0.15, 0.2) is 5.82 Å². The third kappa shape index (κ3) is 6.26. The van der Waals surface area contributed by atoms with Crippen molar-refractivity contribution in [3.05, 3.63) is 107 Å². The van der Waals surface area contributed by atoms with Crippen molar-refractivity contribution < 1.29 is 27.2 Å². The Morgan fingerprint density at radius 1 is 0.838 bits per heavy atom. The maximum Gasteiger partial charge on any atom is 0.416 e. The van der Waals surface area contributed by atoms with Crippen LogP contribution in [-0.4, -0.2) is 21.8 Å². The Bertz CT molecular complexity index is 1460. The first-order chi connectivity index (χ1) is 17.6. The van der Waals surface area contributed by atoms with Crippen LogP contribution in [0.25, 0.3) is 0 Å². The summed E-state index contributed by atoms with van der Waals surface area (Å²) in [5.41, 5.74) is 0.0790. The van der Waals surface area contributed by atoms with Gasteiger partial charge in [-0.2, -0.15) is 13.2 Å². The number of para-hydroxylation sites is 1. The summed E-state index contributed by atoms with van der Waals surface area (Å²) in [7, 11) is 0. The van der Waals surface area contributed by atoms with Crippen LogP contribution >= 0.6 is 0 Å². The van der Waals surface area contributed by atoms with Gasteiger partial charge in [-0.3, -0.25) is 14.6 Å². The van der Waals surface area contributed by atoms with E-state index in [9.17, 15) is 27.2 Å². The van der Waals surface area contributed by atoms with Crippen molar-refractivity contribution in [2.45, 2.75) is 13.1 Å². The summed E-state index contributed by atoms with van der Waals surface area (Å²) in [6.07, 6.45) is -0.607. The monoisotopic (exact) mass is 509 g/mol. The first-order valence-corrected chi connectivity index (χ1v) is 10.8. The molecule has 0 unspecified atom stereocenters. The van der Waals surface area contributed by atoms with Gasteiger partial charge in [0.2, 0.25) is 0 Å². The van der Waals surface area contributed by atoms with E-state index in [-0.39, 0.29) is 17.1 Å². The first-order valence-electron chi connectivity index (χ1n) is 10.8. The molecular formula is C26H19F4N5O2. The zero-order valence-electron chi connectivity index (χ0n) is 19.2. The van der Waals surface area contributed by atoms with Crippen LogP contribution in [0.15, 0.2) is 79.3 Å². The van der Waals surface area contributed by atoms with Gasteiger partial charge in [0.1, 0.15) is 5.82 Å². The van der Waals surface area contributed by atoms with Crippen LogP contribution in [0.3, 0.4) is 0 Å². The van der Waals surface area contributed by atoms with E-state index >= 15 is 0 Å². The molecule has 37 heavy (non-hydrogen) atoms. The lowest BCUT2D eigenvalue weighted by Crippen LogP contribution is -2.18. The van der Waals surface area contributed by atoms with Crippen LogP contribution in [-0.2, 0) is 6.18 Å². The van der Waals surface area contributed by atoms with Crippen molar-refractivity contribution in [3.63, 3.8) is 0 Å². The zero-order valence-corrected chi connectivity index (χ0v) is 19.2. The van der Waals surface area contributed by atoms with Gasteiger partial charge in [-0.25, -0.2) is 9.37 Å². The van der Waals surface area contributed by atoms with Crippen molar-refractivity contribution in [2.75, 3.05) is 16.0 Å². The molecule has 0 aliphatic rings. The lowest BCUT2D eigenvalue weighted by atomic mass is 10.1. The van der Waals surface area contributed by atoms with Crippen LogP contribution in [0, 0.1) is 12.7 Å². The summed E-state index contributed by atoms with van der Waals surface area (Å²) < 4.78 is 53.3. The second kappa shape index (κ2) is 10.4. The number of pyridine rings is 2. The molecule has 2 aromatic heterocycles. The quantitative estimate of drug-likeness (QED) is 0.269. The van der Waals surface area contributed by atoms with Crippen LogP contribution in [0.2, 0.25) is 0 Å². The van der Waals surface area contributed by atoms with Crippen LogP contribution in [0.1, 0.15) is 31.8 Å². The average molecular weight is 509 g/mol. The van der Waals surface area contributed by atoms with E-state index < -0.39 is 34.9 Å². The van der Waals surface area contributed by atoms with E-state index in [0.29, 0.717) is 29.6 Å². The number of hydrogen-bond donors (Lipinski definition) is 3. The normalized spacial score (nSPS) is 11.1. The Labute approximate surface area is 208 Å². The number of carbonyl (C=O) groups is 2. The van der Waals surface area contributed by atoms with Crippen molar-refractivity contribution in [1.82, 2.24) is 9.97 Å². The van der Waals surface area contributed by atoms with E-state index in [1.165, 1.54) is 24.7 Å². The minimum atomic E-state index is -4.85. The molecule has 4 rings (SSSR count). The number of benzene rings is 2. The minimum Gasteiger partial charge on any atom is -0.338 e. The lowest BCUT2D eigenvalue weighted by Gasteiger charge is -2.16. The standard InChI is InChI=1S/C26H19F4N5O2/c1-15-5-2-3-7-21(15)34-23-22(11-17(13-32-23)25(37)33-20-6-4-8-31-14-20)35-24(36)16-9-18(26(28,29)30)12-19(27)10-16/h2-14H,1H3,(H,32,34)(H,33,37)(H,35,36). The number of hydrogen-bond acceptors (Lipinski definition) is 5. The summed E-state index contributed by atoms with van der Waals surface area (Å²) in [5.74, 6) is -2.69. The molecule has 2 amide bonds. The molecule has 0 saturated heterocycles. The van der Waals surface area contributed by atoms with E-state index in [1.54, 1.807) is 24.3 Å². The molecule has 4 aromatic rings. The van der Waals surface area contributed by atoms with Crippen molar-refractivity contribution in [2.24, 2.45) is 0 Å². The predicted molar refractivity (Wildman–Crippen MR) is 130 cm³/mol. The van der Waals surface area contributed by atoms with Crippen molar-refractivity contribution >= 4 is 34.7 Å². The van der Waals surface area contributed by atoms with E-state index in [2.05, 4.69) is 25.9 Å². The smallest absolute Gasteiger partial charge is 0.338 e. The number of rotatable bonds is 6. The van der Waals surface area contributed by atoms with Gasteiger partial charge in [-0.05, 0) is 55.0 Å². The molecule has 188 valence electrons. The largest absolute Gasteiger partial charge is 0.416 e. The van der Waals surface area contributed by atoms with E-state index in [1.807, 2.05) is 19.1 Å². The highest BCUT2D eigenvalue weighted by molar-refractivity contribution is 6.08. The molecule has 0 fully saturated rings. The van der Waals surface area contributed by atoms with Crippen molar-refractivity contribution in [1.29, 1.82) is 0 Å². The molecule has 3 N–H and O–H groups in total. The molecule has 0 aliphatic heterocycles. The van der Waals surface area contributed by atoms with Crippen LogP contribution < -0.4 is 16.0 Å². The number of aryl methyl sites for hydroxylation is 1. The molecule has 11 heteroatoms. The third-order valence-electron chi connectivity index (χ3n) is 5.20. The number of nitrogens with one attached hydrogen (secondary N) is 3. The lowest BCUT2D eigenvalue weighted by molar-refractivity contribution is -0.137. The SMILES string of the molecule is Cc1ccccc1Nc1ncc(C(=O)Nc2cccnc2)cc1NC(=O)c1cc(F)cc(C(F)(F)F)c1. The average Bonchev–Trinajstić information content (AvgIpc) is 2.86. The van der Waals surface area contributed by atoms with Crippen LogP contribution in [0.5, 0.6) is 0 Å². The van der Waals surface area contributed by atoms with E-state index in [0.717, 1.165) is 5.56 Å². The second-order valence-electron chi connectivity index (χ2n) is 7.94. The Hall–Kier alpha value is -4.80. The number of amides is 2. The van der Waals surface area contributed by atoms with Gasteiger partial charge in [-0.15, -0.1) is 0 Å². The number of aromatic nitrogens is 2. The fraction of sp³-hybridized carbons (Fsp3) is 0.0769. The molecule has 0 aliphatic carbocycles. The predicted octanol–water partition coefficient (Wildman–Crippen LogP) is 6.19. The summed E-state index contributed by atoms with van der Waals surface area (Å²) in [5, 5.41) is 8.11. The number of anilines is 4. The summed E-state index contributed by atoms with van der Waals surface area (Å²) in [6.45, 7) is 1.84. The number of alkyl halides is 3. The summed E-state index contributed by atoms with van der Waals surface area (Å²) >= 11 is 0. The highest BCUT2D eigenvalue weighted by atomic mass is 19.4. The maximum absolute atomic E-state index is 13.9.